The van der Waals surface area contributed by atoms with Crippen molar-refractivity contribution in [1.82, 2.24) is 5.43 Å². The van der Waals surface area contributed by atoms with Crippen molar-refractivity contribution in [3.05, 3.63) is 63.6 Å². The highest BCUT2D eigenvalue weighted by Gasteiger charge is 2.00. The van der Waals surface area contributed by atoms with Gasteiger partial charge in [-0.05, 0) is 30.3 Å². The minimum absolute atomic E-state index is 0.140. The molecule has 0 aromatic heterocycles. The third-order valence-corrected chi connectivity index (χ3v) is 3.47. The van der Waals surface area contributed by atoms with Crippen LogP contribution in [0.2, 0.25) is 5.02 Å². The minimum atomic E-state index is -0.235. The number of carbonyl (C=O) groups is 1. The smallest absolute Gasteiger partial charge is 0.259 e. The molecule has 0 saturated heterocycles. The van der Waals surface area contributed by atoms with Crippen molar-refractivity contribution in [2.45, 2.75) is 0 Å². The average molecular weight is 367 g/mol. The van der Waals surface area contributed by atoms with E-state index >= 15 is 0 Å². The van der Waals surface area contributed by atoms with Gasteiger partial charge in [0.2, 0.25) is 0 Å². The van der Waals surface area contributed by atoms with E-state index in [1.165, 1.54) is 6.21 Å². The third-order valence-electron chi connectivity index (χ3n) is 2.60. The highest BCUT2D eigenvalue weighted by Crippen LogP contribution is 2.13. The molecule has 0 aliphatic heterocycles. The lowest BCUT2D eigenvalue weighted by Crippen LogP contribution is -2.25. The lowest BCUT2D eigenvalue weighted by molar-refractivity contribution is -0.119. The summed E-state index contributed by atoms with van der Waals surface area (Å²) in [5.41, 5.74) is 4.05. The third kappa shape index (κ3) is 5.21. The first-order valence-electron chi connectivity index (χ1n) is 6.21. The van der Waals surface area contributed by atoms with Gasteiger partial charge in [0.05, 0.1) is 12.8 Å². The SMILES string of the molecule is O=C(CNc1ccc(Br)cc1)N/N=C/c1ccccc1Cl. The summed E-state index contributed by atoms with van der Waals surface area (Å²) >= 11 is 9.32. The monoisotopic (exact) mass is 365 g/mol. The standard InChI is InChI=1S/C15H13BrClN3O/c16-12-5-7-13(8-6-12)18-10-15(21)20-19-9-11-3-1-2-4-14(11)17/h1-9,18H,10H2,(H,20,21)/b19-9+. The van der Waals surface area contributed by atoms with Crippen LogP contribution in [0, 0.1) is 0 Å². The van der Waals surface area contributed by atoms with Gasteiger partial charge in [0.1, 0.15) is 0 Å². The highest BCUT2D eigenvalue weighted by atomic mass is 79.9. The zero-order valence-electron chi connectivity index (χ0n) is 11.0. The Morgan fingerprint density at radius 3 is 2.62 bits per heavy atom. The molecule has 2 N–H and O–H groups in total. The van der Waals surface area contributed by atoms with Gasteiger partial charge in [0.25, 0.3) is 5.91 Å². The Morgan fingerprint density at radius 1 is 1.19 bits per heavy atom. The van der Waals surface area contributed by atoms with Gasteiger partial charge in [-0.2, -0.15) is 5.10 Å². The van der Waals surface area contributed by atoms with Gasteiger partial charge in [-0.15, -0.1) is 0 Å². The predicted octanol–water partition coefficient (Wildman–Crippen LogP) is 3.66. The Balaban J connectivity index is 1.80. The molecule has 0 saturated carbocycles. The second-order valence-corrected chi connectivity index (χ2v) is 5.50. The maximum absolute atomic E-state index is 11.6. The Kier molecular flexibility index (Phi) is 5.78. The number of halogens is 2. The van der Waals surface area contributed by atoms with E-state index < -0.39 is 0 Å². The maximum Gasteiger partial charge on any atom is 0.259 e. The fourth-order valence-corrected chi connectivity index (χ4v) is 1.99. The topological polar surface area (TPSA) is 53.5 Å². The first-order chi connectivity index (χ1) is 10.1. The van der Waals surface area contributed by atoms with E-state index in [-0.39, 0.29) is 12.5 Å². The van der Waals surface area contributed by atoms with Crippen LogP contribution in [0.15, 0.2) is 58.1 Å². The summed E-state index contributed by atoms with van der Waals surface area (Å²) in [6.45, 7) is 0.140. The van der Waals surface area contributed by atoms with Gasteiger partial charge < -0.3 is 5.32 Å². The normalized spacial score (nSPS) is 10.6. The first kappa shape index (κ1) is 15.5. The van der Waals surface area contributed by atoms with Gasteiger partial charge in [-0.1, -0.05) is 45.7 Å². The minimum Gasteiger partial charge on any atom is -0.376 e. The number of hydrogen-bond acceptors (Lipinski definition) is 3. The summed E-state index contributed by atoms with van der Waals surface area (Å²) in [6, 6.07) is 14.8. The summed E-state index contributed by atoms with van der Waals surface area (Å²) in [7, 11) is 0. The largest absolute Gasteiger partial charge is 0.376 e. The summed E-state index contributed by atoms with van der Waals surface area (Å²) in [5.74, 6) is -0.235. The van der Waals surface area contributed by atoms with Crippen molar-refractivity contribution in [3.8, 4) is 0 Å². The molecule has 4 nitrogen and oxygen atoms in total. The number of nitrogens with one attached hydrogen (secondary N) is 2. The van der Waals surface area contributed by atoms with Crippen LogP contribution >= 0.6 is 27.5 Å². The molecule has 0 atom stereocenters. The molecule has 21 heavy (non-hydrogen) atoms. The Hall–Kier alpha value is -1.85. The highest BCUT2D eigenvalue weighted by molar-refractivity contribution is 9.10. The molecule has 0 heterocycles. The van der Waals surface area contributed by atoms with Crippen LogP contribution in [-0.4, -0.2) is 18.7 Å². The van der Waals surface area contributed by atoms with Gasteiger partial charge >= 0.3 is 0 Å². The van der Waals surface area contributed by atoms with Crippen LogP contribution in [0.25, 0.3) is 0 Å². The van der Waals surface area contributed by atoms with Crippen molar-refractivity contribution in [1.29, 1.82) is 0 Å². The molecular weight excluding hydrogens is 354 g/mol. The molecule has 2 rings (SSSR count). The van der Waals surface area contributed by atoms with Crippen LogP contribution in [0.5, 0.6) is 0 Å². The summed E-state index contributed by atoms with van der Waals surface area (Å²) in [6.07, 6.45) is 1.51. The van der Waals surface area contributed by atoms with E-state index in [1.807, 2.05) is 42.5 Å². The van der Waals surface area contributed by atoms with Gasteiger partial charge in [-0.25, -0.2) is 5.43 Å². The number of benzene rings is 2. The van der Waals surface area contributed by atoms with Gasteiger partial charge in [0, 0.05) is 20.7 Å². The second-order valence-electron chi connectivity index (χ2n) is 4.18. The molecule has 1 amide bonds. The molecule has 0 unspecified atom stereocenters. The molecule has 2 aromatic carbocycles. The number of hydrazone groups is 1. The summed E-state index contributed by atoms with van der Waals surface area (Å²) in [4.78, 5) is 11.6. The predicted molar refractivity (Wildman–Crippen MR) is 89.8 cm³/mol. The summed E-state index contributed by atoms with van der Waals surface area (Å²) in [5, 5.41) is 7.46. The van der Waals surface area contributed by atoms with Crippen molar-refractivity contribution in [2.24, 2.45) is 5.10 Å². The molecule has 0 spiro atoms. The van der Waals surface area contributed by atoms with Gasteiger partial charge in [0.15, 0.2) is 0 Å². The van der Waals surface area contributed by atoms with E-state index in [4.69, 9.17) is 11.6 Å². The maximum atomic E-state index is 11.6. The quantitative estimate of drug-likeness (QED) is 0.627. The number of nitrogens with zero attached hydrogens (tertiary/aromatic N) is 1. The van der Waals surface area contributed by atoms with Crippen LogP contribution in [-0.2, 0) is 4.79 Å². The fourth-order valence-electron chi connectivity index (χ4n) is 1.54. The van der Waals surface area contributed by atoms with E-state index in [1.54, 1.807) is 6.07 Å². The number of amides is 1. The van der Waals surface area contributed by atoms with Crippen LogP contribution in [0.3, 0.4) is 0 Å². The summed E-state index contributed by atoms with van der Waals surface area (Å²) < 4.78 is 0.988. The van der Waals surface area contributed by atoms with E-state index in [2.05, 4.69) is 31.8 Å². The molecule has 0 radical (unpaired) electrons. The molecular formula is C15H13BrClN3O. The van der Waals surface area contributed by atoms with Crippen LogP contribution in [0.4, 0.5) is 5.69 Å². The second kappa shape index (κ2) is 7.81. The Labute approximate surface area is 136 Å². The number of carbonyl (C=O) groups excluding carboxylic acids is 1. The molecule has 0 fully saturated rings. The molecule has 0 aliphatic rings. The van der Waals surface area contributed by atoms with E-state index in [0.29, 0.717) is 5.02 Å². The average Bonchev–Trinajstić information content (AvgIpc) is 2.49. The van der Waals surface area contributed by atoms with Gasteiger partial charge in [-0.3, -0.25) is 4.79 Å². The molecule has 0 bridgehead atoms. The molecule has 0 aliphatic carbocycles. The van der Waals surface area contributed by atoms with E-state index in [0.717, 1.165) is 15.7 Å². The molecule has 2 aromatic rings. The Bertz CT molecular complexity index is 644. The first-order valence-corrected chi connectivity index (χ1v) is 7.38. The zero-order valence-corrected chi connectivity index (χ0v) is 13.4. The van der Waals surface area contributed by atoms with Crippen LogP contribution < -0.4 is 10.7 Å². The van der Waals surface area contributed by atoms with E-state index in [9.17, 15) is 4.79 Å². The fraction of sp³-hybridized carbons (Fsp3) is 0.0667. The lowest BCUT2D eigenvalue weighted by Gasteiger charge is -2.05. The molecule has 108 valence electrons. The zero-order chi connectivity index (χ0) is 15.1. The lowest BCUT2D eigenvalue weighted by atomic mass is 10.2. The van der Waals surface area contributed by atoms with Crippen molar-refractivity contribution < 1.29 is 4.79 Å². The van der Waals surface area contributed by atoms with Crippen LogP contribution in [0.1, 0.15) is 5.56 Å². The molecule has 6 heteroatoms. The number of anilines is 1. The van der Waals surface area contributed by atoms with Crippen molar-refractivity contribution in [2.75, 3.05) is 11.9 Å². The van der Waals surface area contributed by atoms with Crippen molar-refractivity contribution >= 4 is 45.3 Å². The number of rotatable bonds is 5. The Morgan fingerprint density at radius 2 is 1.90 bits per heavy atom. The van der Waals surface area contributed by atoms with Crippen molar-refractivity contribution in [3.63, 3.8) is 0 Å². The number of hydrogen-bond donors (Lipinski definition) is 2.